The van der Waals surface area contributed by atoms with E-state index in [2.05, 4.69) is 0 Å². The molecule has 124 valence electrons. The highest BCUT2D eigenvalue weighted by Crippen LogP contribution is 2.38. The van der Waals surface area contributed by atoms with Crippen LogP contribution < -0.4 is 0 Å². The lowest BCUT2D eigenvalue weighted by atomic mass is 9.94. The summed E-state index contributed by atoms with van der Waals surface area (Å²) in [5.74, 6) is -2.65. The van der Waals surface area contributed by atoms with E-state index < -0.39 is 17.9 Å². The third kappa shape index (κ3) is 2.65. The lowest BCUT2D eigenvalue weighted by molar-refractivity contribution is -0.138. The minimum atomic E-state index is -1.07. The summed E-state index contributed by atoms with van der Waals surface area (Å²) >= 11 is 0. The van der Waals surface area contributed by atoms with Gasteiger partial charge < -0.3 is 19.5 Å². The van der Waals surface area contributed by atoms with Crippen molar-refractivity contribution in [2.75, 3.05) is 6.61 Å². The SMILES string of the molecule is CCOC(=O)c1c(C)n(CC)c2ccc(O)c(C(C)C(=O)O)c12. The number of hydrogen-bond acceptors (Lipinski definition) is 4. The number of aromatic nitrogens is 1. The largest absolute Gasteiger partial charge is 0.508 e. The fourth-order valence-electron chi connectivity index (χ4n) is 3.00. The molecule has 2 N–H and O–H groups in total. The summed E-state index contributed by atoms with van der Waals surface area (Å²) < 4.78 is 7.04. The number of phenols is 1. The number of carbonyl (C=O) groups is 2. The zero-order valence-electron chi connectivity index (χ0n) is 13.7. The molecule has 1 aromatic heterocycles. The molecule has 1 heterocycles. The number of ether oxygens (including phenoxy) is 1. The molecule has 0 aliphatic carbocycles. The number of carboxylic acid groups (broad SMARTS) is 1. The molecule has 23 heavy (non-hydrogen) atoms. The Morgan fingerprint density at radius 3 is 2.48 bits per heavy atom. The van der Waals surface area contributed by atoms with E-state index in [9.17, 15) is 19.8 Å². The van der Waals surface area contributed by atoms with Gasteiger partial charge in [0, 0.05) is 28.7 Å². The molecule has 1 atom stereocenters. The average molecular weight is 319 g/mol. The minimum absolute atomic E-state index is 0.133. The Bertz CT molecular complexity index is 775. The quantitative estimate of drug-likeness (QED) is 0.827. The molecule has 0 radical (unpaired) electrons. The number of esters is 1. The molecule has 6 nitrogen and oxygen atoms in total. The molecule has 0 aliphatic heterocycles. The van der Waals surface area contributed by atoms with Crippen LogP contribution in [0.5, 0.6) is 5.75 Å². The van der Waals surface area contributed by atoms with Crippen molar-refractivity contribution < 1.29 is 24.5 Å². The Hall–Kier alpha value is -2.50. The molecular formula is C17H21NO5. The summed E-state index contributed by atoms with van der Waals surface area (Å²) in [5.41, 5.74) is 1.98. The number of nitrogens with zero attached hydrogens (tertiary/aromatic N) is 1. The zero-order chi connectivity index (χ0) is 17.3. The van der Waals surface area contributed by atoms with Crippen LogP contribution in [0.2, 0.25) is 0 Å². The van der Waals surface area contributed by atoms with Crippen LogP contribution in [0.15, 0.2) is 12.1 Å². The van der Waals surface area contributed by atoms with Crippen LogP contribution in [0.4, 0.5) is 0 Å². The summed E-state index contributed by atoms with van der Waals surface area (Å²) in [6.45, 7) is 7.78. The first-order valence-electron chi connectivity index (χ1n) is 7.59. The van der Waals surface area contributed by atoms with Gasteiger partial charge in [-0.15, -0.1) is 0 Å². The fraction of sp³-hybridized carbons (Fsp3) is 0.412. The Labute approximate surface area is 134 Å². The molecule has 0 amide bonds. The highest BCUT2D eigenvalue weighted by molar-refractivity contribution is 6.09. The number of hydrogen-bond donors (Lipinski definition) is 2. The Kier molecular flexibility index (Phi) is 4.63. The molecule has 0 fully saturated rings. The van der Waals surface area contributed by atoms with Crippen molar-refractivity contribution in [3.63, 3.8) is 0 Å². The molecule has 1 aromatic carbocycles. The maximum absolute atomic E-state index is 12.4. The third-order valence-corrected chi connectivity index (χ3v) is 4.11. The number of rotatable bonds is 5. The van der Waals surface area contributed by atoms with E-state index in [1.165, 1.54) is 13.0 Å². The molecule has 6 heteroatoms. The Morgan fingerprint density at radius 1 is 1.30 bits per heavy atom. The van der Waals surface area contributed by atoms with Gasteiger partial charge >= 0.3 is 11.9 Å². The highest BCUT2D eigenvalue weighted by atomic mass is 16.5. The first kappa shape index (κ1) is 16.9. The highest BCUT2D eigenvalue weighted by Gasteiger charge is 2.28. The normalized spacial score (nSPS) is 12.3. The summed E-state index contributed by atoms with van der Waals surface area (Å²) in [4.78, 5) is 23.8. The first-order chi connectivity index (χ1) is 10.8. The van der Waals surface area contributed by atoms with Crippen LogP contribution in [0.25, 0.3) is 10.9 Å². The van der Waals surface area contributed by atoms with Gasteiger partial charge in [0.25, 0.3) is 0 Å². The number of fused-ring (bicyclic) bond motifs is 1. The predicted octanol–water partition coefficient (Wildman–Crippen LogP) is 3.04. The van der Waals surface area contributed by atoms with Crippen molar-refractivity contribution in [1.29, 1.82) is 0 Å². The number of carbonyl (C=O) groups excluding carboxylic acids is 1. The van der Waals surface area contributed by atoms with Gasteiger partial charge in [-0.1, -0.05) is 0 Å². The maximum atomic E-state index is 12.4. The van der Waals surface area contributed by atoms with E-state index in [-0.39, 0.29) is 17.9 Å². The third-order valence-electron chi connectivity index (χ3n) is 4.11. The van der Waals surface area contributed by atoms with Gasteiger partial charge in [0.1, 0.15) is 5.75 Å². The van der Waals surface area contributed by atoms with Crippen LogP contribution in [-0.2, 0) is 16.1 Å². The van der Waals surface area contributed by atoms with Crippen molar-refractivity contribution in [1.82, 2.24) is 4.57 Å². The van der Waals surface area contributed by atoms with Crippen molar-refractivity contribution >= 4 is 22.8 Å². The van der Waals surface area contributed by atoms with Crippen LogP contribution in [-0.4, -0.2) is 33.3 Å². The van der Waals surface area contributed by atoms with Crippen LogP contribution in [0.1, 0.15) is 48.3 Å². The number of benzene rings is 1. The van der Waals surface area contributed by atoms with Crippen LogP contribution in [0, 0.1) is 6.92 Å². The Balaban J connectivity index is 2.93. The lowest BCUT2D eigenvalue weighted by Crippen LogP contribution is -2.11. The topological polar surface area (TPSA) is 88.8 Å². The molecule has 0 saturated heterocycles. The lowest BCUT2D eigenvalue weighted by Gasteiger charge is -2.12. The van der Waals surface area contributed by atoms with E-state index in [1.807, 2.05) is 11.5 Å². The van der Waals surface area contributed by atoms with E-state index in [0.717, 1.165) is 0 Å². The minimum Gasteiger partial charge on any atom is -0.508 e. The van der Waals surface area contributed by atoms with Crippen LogP contribution >= 0.6 is 0 Å². The number of aryl methyl sites for hydroxylation is 1. The van der Waals surface area contributed by atoms with E-state index in [1.54, 1.807) is 19.9 Å². The molecule has 2 rings (SSSR count). The zero-order valence-corrected chi connectivity index (χ0v) is 13.7. The smallest absolute Gasteiger partial charge is 0.340 e. The second kappa shape index (κ2) is 6.32. The average Bonchev–Trinajstić information content (AvgIpc) is 2.78. The molecule has 0 saturated carbocycles. The maximum Gasteiger partial charge on any atom is 0.340 e. The summed E-state index contributed by atoms with van der Waals surface area (Å²) in [7, 11) is 0. The monoisotopic (exact) mass is 319 g/mol. The van der Waals surface area contributed by atoms with Crippen molar-refractivity contribution in [3.05, 3.63) is 29.0 Å². The molecule has 0 bridgehead atoms. The summed E-state index contributed by atoms with van der Waals surface area (Å²) in [5, 5.41) is 20.0. The van der Waals surface area contributed by atoms with Crippen molar-refractivity contribution in [2.24, 2.45) is 0 Å². The van der Waals surface area contributed by atoms with Crippen LogP contribution in [0.3, 0.4) is 0 Å². The predicted molar refractivity (Wildman–Crippen MR) is 86.0 cm³/mol. The van der Waals surface area contributed by atoms with Gasteiger partial charge in [0.2, 0.25) is 0 Å². The van der Waals surface area contributed by atoms with Gasteiger partial charge in [-0.25, -0.2) is 4.79 Å². The number of aromatic hydroxyl groups is 1. The summed E-state index contributed by atoms with van der Waals surface area (Å²) in [6.07, 6.45) is 0. The van der Waals surface area contributed by atoms with Crippen molar-refractivity contribution in [3.8, 4) is 5.75 Å². The molecular weight excluding hydrogens is 298 g/mol. The molecule has 2 aromatic rings. The van der Waals surface area contributed by atoms with E-state index >= 15 is 0 Å². The van der Waals surface area contributed by atoms with Gasteiger partial charge in [-0.2, -0.15) is 0 Å². The van der Waals surface area contributed by atoms with E-state index in [4.69, 9.17) is 4.74 Å². The first-order valence-corrected chi connectivity index (χ1v) is 7.59. The molecule has 0 aliphatic rings. The molecule has 1 unspecified atom stereocenters. The second-order valence-electron chi connectivity index (χ2n) is 5.38. The van der Waals surface area contributed by atoms with E-state index in [0.29, 0.717) is 28.7 Å². The van der Waals surface area contributed by atoms with Gasteiger partial charge in [-0.05, 0) is 39.8 Å². The molecule has 0 spiro atoms. The van der Waals surface area contributed by atoms with Crippen molar-refractivity contribution in [2.45, 2.75) is 40.2 Å². The number of carboxylic acids is 1. The second-order valence-corrected chi connectivity index (χ2v) is 5.38. The number of phenolic OH excluding ortho intramolecular Hbond substituents is 1. The fourth-order valence-corrected chi connectivity index (χ4v) is 3.00. The van der Waals surface area contributed by atoms with Gasteiger partial charge in [-0.3, -0.25) is 4.79 Å². The van der Waals surface area contributed by atoms with Gasteiger partial charge in [0.15, 0.2) is 0 Å². The number of aliphatic carboxylic acids is 1. The van der Waals surface area contributed by atoms with Gasteiger partial charge in [0.05, 0.1) is 18.1 Å². The Morgan fingerprint density at radius 2 is 1.96 bits per heavy atom. The summed E-state index contributed by atoms with van der Waals surface area (Å²) in [6, 6.07) is 3.17. The standard InChI is InChI=1S/C17H21NO5/c1-5-18-10(4)14(17(22)23-6-2)15-11(18)7-8-12(19)13(15)9(3)16(20)21/h7-9,19H,5-6H2,1-4H3,(H,20,21).